The number of nitro groups is 1. The van der Waals surface area contributed by atoms with Crippen LogP contribution < -0.4 is 9.64 Å². The first-order valence-corrected chi connectivity index (χ1v) is 8.77. The van der Waals surface area contributed by atoms with Crippen molar-refractivity contribution in [3.05, 3.63) is 22.2 Å². The normalized spacial score (nSPS) is 16.0. The Balaban J connectivity index is 2.12. The van der Waals surface area contributed by atoms with Gasteiger partial charge in [-0.2, -0.15) is 0 Å². The summed E-state index contributed by atoms with van der Waals surface area (Å²) in [6.45, 7) is 3.79. The first-order valence-electron chi connectivity index (χ1n) is 8.77. The molecular weight excluding hydrogens is 342 g/mol. The van der Waals surface area contributed by atoms with Crippen LogP contribution in [-0.2, 0) is 14.3 Å². The molecule has 1 unspecified atom stereocenters. The zero-order valence-corrected chi connectivity index (χ0v) is 15.0. The topological polar surface area (TPSA) is 112 Å². The largest absolute Gasteiger partial charge is 0.474 e. The average molecular weight is 365 g/mol. The quantitative estimate of drug-likeness (QED) is 0.286. The SMILES string of the molecule is CCCCCCOC(=O)CN1C(=O)C(CC)Oc2ccc([N+](=O)[O-])nc21. The van der Waals surface area contributed by atoms with Crippen molar-refractivity contribution in [1.29, 1.82) is 0 Å². The summed E-state index contributed by atoms with van der Waals surface area (Å²) in [4.78, 5) is 39.9. The smallest absolute Gasteiger partial charge is 0.366 e. The second kappa shape index (κ2) is 9.12. The molecule has 0 fully saturated rings. The molecule has 1 aliphatic heterocycles. The van der Waals surface area contributed by atoms with E-state index in [0.717, 1.165) is 30.6 Å². The van der Waals surface area contributed by atoms with Crippen molar-refractivity contribution in [2.45, 2.75) is 52.1 Å². The number of hydrogen-bond acceptors (Lipinski definition) is 7. The predicted molar refractivity (Wildman–Crippen MR) is 93.1 cm³/mol. The summed E-state index contributed by atoms with van der Waals surface area (Å²) in [5, 5.41) is 11.0. The molecule has 9 nitrogen and oxygen atoms in total. The van der Waals surface area contributed by atoms with Crippen LogP contribution in [0.2, 0.25) is 0 Å². The van der Waals surface area contributed by atoms with Gasteiger partial charge in [0.25, 0.3) is 11.7 Å². The zero-order valence-electron chi connectivity index (χ0n) is 15.0. The Morgan fingerprint density at radius 1 is 1.35 bits per heavy atom. The van der Waals surface area contributed by atoms with E-state index < -0.39 is 28.7 Å². The number of hydrogen-bond donors (Lipinski definition) is 0. The first kappa shape index (κ1) is 19.6. The van der Waals surface area contributed by atoms with Crippen LogP contribution in [0.4, 0.5) is 11.6 Å². The van der Waals surface area contributed by atoms with Crippen molar-refractivity contribution in [3.63, 3.8) is 0 Å². The second-order valence-corrected chi connectivity index (χ2v) is 5.97. The van der Waals surface area contributed by atoms with E-state index in [-0.39, 0.29) is 24.7 Å². The number of fused-ring (bicyclic) bond motifs is 1. The molecule has 9 heteroatoms. The maximum absolute atomic E-state index is 12.5. The number of carbonyl (C=O) groups excluding carboxylic acids is 2. The molecule has 1 amide bonds. The third-order valence-electron chi connectivity index (χ3n) is 4.00. The van der Waals surface area contributed by atoms with Gasteiger partial charge < -0.3 is 19.6 Å². The van der Waals surface area contributed by atoms with E-state index in [1.807, 2.05) is 0 Å². The van der Waals surface area contributed by atoms with Gasteiger partial charge in [-0.15, -0.1) is 0 Å². The lowest BCUT2D eigenvalue weighted by atomic mass is 10.2. The zero-order chi connectivity index (χ0) is 19.1. The predicted octanol–water partition coefficient (Wildman–Crippen LogP) is 2.62. The molecule has 0 aromatic carbocycles. The van der Waals surface area contributed by atoms with Crippen molar-refractivity contribution >= 4 is 23.5 Å². The van der Waals surface area contributed by atoms with Crippen molar-refractivity contribution in [3.8, 4) is 5.75 Å². The number of anilines is 1. The van der Waals surface area contributed by atoms with Gasteiger partial charge in [0.2, 0.25) is 0 Å². The van der Waals surface area contributed by atoms with Gasteiger partial charge in [-0.3, -0.25) is 14.5 Å². The third-order valence-corrected chi connectivity index (χ3v) is 4.00. The number of ether oxygens (including phenoxy) is 2. The number of aromatic nitrogens is 1. The van der Waals surface area contributed by atoms with E-state index in [0.29, 0.717) is 6.42 Å². The Bertz CT molecular complexity index is 678. The van der Waals surface area contributed by atoms with E-state index in [1.54, 1.807) is 6.92 Å². The molecule has 1 atom stereocenters. The molecule has 1 aromatic heterocycles. The molecule has 1 aliphatic rings. The Hall–Kier alpha value is -2.71. The van der Waals surface area contributed by atoms with E-state index in [1.165, 1.54) is 12.1 Å². The molecule has 26 heavy (non-hydrogen) atoms. The van der Waals surface area contributed by atoms with Gasteiger partial charge in [-0.05, 0) is 28.8 Å². The maximum atomic E-state index is 12.5. The van der Waals surface area contributed by atoms with Crippen LogP contribution in [0, 0.1) is 10.1 Å². The number of unbranched alkanes of at least 4 members (excludes halogenated alkanes) is 3. The van der Waals surface area contributed by atoms with Gasteiger partial charge >= 0.3 is 11.8 Å². The van der Waals surface area contributed by atoms with Crippen molar-refractivity contribution < 1.29 is 24.0 Å². The number of nitrogens with zero attached hydrogens (tertiary/aromatic N) is 3. The fourth-order valence-corrected chi connectivity index (χ4v) is 2.59. The Labute approximate surface area is 151 Å². The molecular formula is C17H23N3O6. The minimum Gasteiger partial charge on any atom is -0.474 e. The van der Waals surface area contributed by atoms with Crippen LogP contribution in [0.3, 0.4) is 0 Å². The number of amides is 1. The van der Waals surface area contributed by atoms with Crippen LogP contribution in [0.15, 0.2) is 12.1 Å². The highest BCUT2D eigenvalue weighted by Gasteiger charge is 2.39. The molecule has 142 valence electrons. The van der Waals surface area contributed by atoms with Crippen LogP contribution in [0.25, 0.3) is 0 Å². The van der Waals surface area contributed by atoms with Crippen LogP contribution in [0.5, 0.6) is 5.75 Å². The summed E-state index contributed by atoms with van der Waals surface area (Å²) in [5.74, 6) is -1.26. The molecule has 0 N–H and O–H groups in total. The van der Waals surface area contributed by atoms with E-state index in [4.69, 9.17) is 9.47 Å². The van der Waals surface area contributed by atoms with E-state index >= 15 is 0 Å². The maximum Gasteiger partial charge on any atom is 0.366 e. The van der Waals surface area contributed by atoms with Gasteiger partial charge in [0.15, 0.2) is 11.9 Å². The number of rotatable bonds is 9. The van der Waals surface area contributed by atoms with Gasteiger partial charge in [-0.25, -0.2) is 0 Å². The minimum atomic E-state index is -0.761. The Kier molecular flexibility index (Phi) is 6.88. The van der Waals surface area contributed by atoms with Gasteiger partial charge in [0.05, 0.1) is 6.61 Å². The van der Waals surface area contributed by atoms with Crippen LogP contribution in [-0.4, -0.2) is 41.0 Å². The summed E-state index contributed by atoms with van der Waals surface area (Å²) >= 11 is 0. The molecule has 1 aromatic rings. The van der Waals surface area contributed by atoms with Gasteiger partial charge in [-0.1, -0.05) is 33.1 Å². The summed E-state index contributed by atoms with van der Waals surface area (Å²) in [7, 11) is 0. The summed E-state index contributed by atoms with van der Waals surface area (Å²) in [6.07, 6.45) is 3.51. The highest BCUT2D eigenvalue weighted by atomic mass is 16.6. The molecule has 0 spiro atoms. The van der Waals surface area contributed by atoms with Crippen molar-refractivity contribution in [1.82, 2.24) is 4.98 Å². The lowest BCUT2D eigenvalue weighted by Gasteiger charge is -2.29. The number of esters is 1. The van der Waals surface area contributed by atoms with E-state index in [9.17, 15) is 19.7 Å². The second-order valence-electron chi connectivity index (χ2n) is 5.97. The summed E-state index contributed by atoms with van der Waals surface area (Å²) in [6, 6.07) is 2.59. The first-order chi connectivity index (χ1) is 12.5. The van der Waals surface area contributed by atoms with Gasteiger partial charge in [0.1, 0.15) is 6.54 Å². The summed E-state index contributed by atoms with van der Waals surface area (Å²) < 4.78 is 10.7. The van der Waals surface area contributed by atoms with Crippen LogP contribution in [0.1, 0.15) is 46.0 Å². The third kappa shape index (κ3) is 4.68. The molecule has 0 aliphatic carbocycles. The Morgan fingerprint density at radius 3 is 2.77 bits per heavy atom. The molecule has 2 heterocycles. The molecule has 0 saturated carbocycles. The fraction of sp³-hybridized carbons (Fsp3) is 0.588. The lowest BCUT2D eigenvalue weighted by Crippen LogP contribution is -2.48. The van der Waals surface area contributed by atoms with Gasteiger partial charge in [0, 0.05) is 6.07 Å². The monoisotopic (exact) mass is 365 g/mol. The molecule has 0 bridgehead atoms. The van der Waals surface area contributed by atoms with Crippen molar-refractivity contribution in [2.75, 3.05) is 18.1 Å². The minimum absolute atomic E-state index is 0.0307. The number of carbonyl (C=O) groups is 2. The standard InChI is InChI=1S/C17H23N3O6/c1-3-5-6-7-10-25-15(21)11-19-16-13(26-12(4-2)17(19)22)8-9-14(18-16)20(23)24/h8-9,12H,3-7,10-11H2,1-2H3. The average Bonchev–Trinajstić information content (AvgIpc) is 2.63. The van der Waals surface area contributed by atoms with E-state index in [2.05, 4.69) is 11.9 Å². The van der Waals surface area contributed by atoms with Crippen LogP contribution >= 0.6 is 0 Å². The fourth-order valence-electron chi connectivity index (χ4n) is 2.59. The molecule has 0 saturated heterocycles. The lowest BCUT2D eigenvalue weighted by molar-refractivity contribution is -0.389. The highest BCUT2D eigenvalue weighted by Crippen LogP contribution is 2.34. The molecule has 0 radical (unpaired) electrons. The number of pyridine rings is 1. The molecule has 2 rings (SSSR count). The highest BCUT2D eigenvalue weighted by molar-refractivity contribution is 6.02. The Morgan fingerprint density at radius 2 is 2.12 bits per heavy atom. The summed E-state index contributed by atoms with van der Waals surface area (Å²) in [5.41, 5.74) is 0. The van der Waals surface area contributed by atoms with Crippen molar-refractivity contribution in [2.24, 2.45) is 0 Å².